The first-order valence-corrected chi connectivity index (χ1v) is 8.93. The summed E-state index contributed by atoms with van der Waals surface area (Å²) < 4.78 is 45.1. The maximum Gasteiger partial charge on any atom is 0.240 e. The zero-order valence-electron chi connectivity index (χ0n) is 10.1. The molecule has 1 aromatic carbocycles. The number of nitrogens with zero attached hydrogens (tertiary/aromatic N) is 1. The molecule has 1 aromatic rings. The van der Waals surface area contributed by atoms with E-state index in [9.17, 15) is 16.8 Å². The molecule has 0 amide bonds. The SMILES string of the molecule is Nc1cc(N2CCS(=O)(=O)CC2)ccc1S(N)(=O)=O. The molecule has 2 rings (SSSR count). The second-order valence-electron chi connectivity index (χ2n) is 4.41. The Morgan fingerprint density at radius 3 is 2.21 bits per heavy atom. The predicted octanol–water partition coefficient (Wildman–Crippen LogP) is -0.849. The smallest absolute Gasteiger partial charge is 0.240 e. The molecule has 7 nitrogen and oxygen atoms in total. The highest BCUT2D eigenvalue weighted by Gasteiger charge is 2.22. The average molecular weight is 305 g/mol. The minimum absolute atomic E-state index is 0.0634. The van der Waals surface area contributed by atoms with Crippen molar-refractivity contribution >= 4 is 31.2 Å². The van der Waals surface area contributed by atoms with Crippen LogP contribution in [0.15, 0.2) is 23.1 Å². The van der Waals surface area contributed by atoms with E-state index in [1.165, 1.54) is 12.1 Å². The molecule has 0 saturated carbocycles. The van der Waals surface area contributed by atoms with Crippen LogP contribution in [-0.2, 0) is 19.9 Å². The maximum absolute atomic E-state index is 11.3. The Balaban J connectivity index is 2.27. The molecule has 1 fully saturated rings. The van der Waals surface area contributed by atoms with Crippen molar-refractivity contribution in [3.05, 3.63) is 18.2 Å². The molecule has 0 spiro atoms. The lowest BCUT2D eigenvalue weighted by Crippen LogP contribution is -2.40. The molecule has 0 atom stereocenters. The highest BCUT2D eigenvalue weighted by atomic mass is 32.2. The largest absolute Gasteiger partial charge is 0.398 e. The third-order valence-electron chi connectivity index (χ3n) is 3.01. The van der Waals surface area contributed by atoms with Crippen LogP contribution in [0.2, 0.25) is 0 Å². The summed E-state index contributed by atoms with van der Waals surface area (Å²) in [6.07, 6.45) is 0. The fourth-order valence-electron chi connectivity index (χ4n) is 1.96. The van der Waals surface area contributed by atoms with Gasteiger partial charge in [0.15, 0.2) is 9.84 Å². The van der Waals surface area contributed by atoms with Gasteiger partial charge in [-0.1, -0.05) is 0 Å². The van der Waals surface area contributed by atoms with Crippen molar-refractivity contribution in [2.24, 2.45) is 5.14 Å². The normalized spacial score (nSPS) is 19.3. The summed E-state index contributed by atoms with van der Waals surface area (Å²) in [6.45, 7) is 0.743. The first-order chi connectivity index (χ1) is 8.69. The number of nitrogen functional groups attached to an aromatic ring is 1. The van der Waals surface area contributed by atoms with E-state index >= 15 is 0 Å². The van der Waals surface area contributed by atoms with E-state index in [1.54, 1.807) is 6.07 Å². The lowest BCUT2D eigenvalue weighted by Gasteiger charge is -2.29. The summed E-state index contributed by atoms with van der Waals surface area (Å²) in [5.41, 5.74) is 6.42. The Morgan fingerprint density at radius 2 is 1.74 bits per heavy atom. The first-order valence-electron chi connectivity index (χ1n) is 5.57. The monoisotopic (exact) mass is 305 g/mol. The van der Waals surface area contributed by atoms with Crippen molar-refractivity contribution in [1.29, 1.82) is 0 Å². The Kier molecular flexibility index (Phi) is 3.45. The minimum Gasteiger partial charge on any atom is -0.398 e. The molecule has 1 heterocycles. The summed E-state index contributed by atoms with van der Waals surface area (Å²) in [5.74, 6) is 0.174. The topological polar surface area (TPSA) is 124 Å². The van der Waals surface area contributed by atoms with Gasteiger partial charge in [0.2, 0.25) is 10.0 Å². The van der Waals surface area contributed by atoms with Crippen LogP contribution in [0, 0.1) is 0 Å². The van der Waals surface area contributed by atoms with E-state index in [2.05, 4.69) is 0 Å². The number of primary sulfonamides is 1. The number of hydrogen-bond donors (Lipinski definition) is 2. The van der Waals surface area contributed by atoms with Gasteiger partial charge in [0, 0.05) is 18.8 Å². The fourth-order valence-corrected chi connectivity index (χ4v) is 3.81. The van der Waals surface area contributed by atoms with Crippen LogP contribution < -0.4 is 15.8 Å². The molecule has 0 unspecified atom stereocenters. The second-order valence-corrected chi connectivity index (χ2v) is 8.24. The summed E-state index contributed by atoms with van der Waals surface area (Å²) >= 11 is 0. The molecule has 0 bridgehead atoms. The Bertz CT molecular complexity index is 683. The Hall–Kier alpha value is -1.32. The van der Waals surface area contributed by atoms with E-state index in [4.69, 9.17) is 10.9 Å². The van der Waals surface area contributed by atoms with Gasteiger partial charge in [-0.15, -0.1) is 0 Å². The van der Waals surface area contributed by atoms with Crippen LogP contribution in [0.4, 0.5) is 11.4 Å². The molecular formula is C10H15N3O4S2. The fraction of sp³-hybridized carbons (Fsp3) is 0.400. The van der Waals surface area contributed by atoms with Crippen LogP contribution in [0.5, 0.6) is 0 Å². The van der Waals surface area contributed by atoms with Crippen molar-refractivity contribution < 1.29 is 16.8 Å². The number of sulfonamides is 1. The van der Waals surface area contributed by atoms with Crippen LogP contribution in [0.3, 0.4) is 0 Å². The number of sulfone groups is 1. The lowest BCUT2D eigenvalue weighted by molar-refractivity contribution is 0.586. The van der Waals surface area contributed by atoms with Crippen LogP contribution in [0.1, 0.15) is 0 Å². The van der Waals surface area contributed by atoms with Gasteiger partial charge in [-0.05, 0) is 18.2 Å². The minimum atomic E-state index is -3.84. The highest BCUT2D eigenvalue weighted by Crippen LogP contribution is 2.25. The van der Waals surface area contributed by atoms with Gasteiger partial charge >= 0.3 is 0 Å². The average Bonchev–Trinajstić information content (AvgIpc) is 2.27. The van der Waals surface area contributed by atoms with E-state index in [1.807, 2.05) is 4.90 Å². The molecule has 4 N–H and O–H groups in total. The molecule has 1 aliphatic rings. The van der Waals surface area contributed by atoms with E-state index < -0.39 is 19.9 Å². The molecule has 0 radical (unpaired) electrons. The number of anilines is 2. The molecular weight excluding hydrogens is 290 g/mol. The quantitative estimate of drug-likeness (QED) is 0.686. The van der Waals surface area contributed by atoms with Crippen molar-refractivity contribution in [3.8, 4) is 0 Å². The molecule has 106 valence electrons. The van der Waals surface area contributed by atoms with Gasteiger partial charge in [0.05, 0.1) is 17.2 Å². The molecule has 1 saturated heterocycles. The standard InChI is InChI=1S/C10H15N3O4S2/c11-9-7-8(1-2-10(9)19(12,16)17)13-3-5-18(14,15)6-4-13/h1-2,7H,3-6,11H2,(H2,12,16,17). The number of hydrogen-bond acceptors (Lipinski definition) is 6. The number of rotatable bonds is 2. The zero-order valence-corrected chi connectivity index (χ0v) is 11.7. The van der Waals surface area contributed by atoms with Crippen LogP contribution >= 0.6 is 0 Å². The van der Waals surface area contributed by atoms with Gasteiger partial charge < -0.3 is 10.6 Å². The van der Waals surface area contributed by atoms with Crippen molar-refractivity contribution in [3.63, 3.8) is 0 Å². The lowest BCUT2D eigenvalue weighted by atomic mass is 10.2. The maximum atomic E-state index is 11.3. The van der Waals surface area contributed by atoms with E-state index in [0.29, 0.717) is 18.8 Å². The van der Waals surface area contributed by atoms with Crippen LogP contribution in [0.25, 0.3) is 0 Å². The third kappa shape index (κ3) is 3.17. The Labute approximate surface area is 112 Å². The van der Waals surface area contributed by atoms with E-state index in [-0.39, 0.29) is 22.1 Å². The zero-order chi connectivity index (χ0) is 14.3. The third-order valence-corrected chi connectivity index (χ3v) is 5.60. The summed E-state index contributed by atoms with van der Waals surface area (Å²) in [4.78, 5) is 1.73. The summed E-state index contributed by atoms with van der Waals surface area (Å²) in [6, 6.07) is 4.41. The summed E-state index contributed by atoms with van der Waals surface area (Å²) in [7, 11) is -6.79. The summed E-state index contributed by atoms with van der Waals surface area (Å²) in [5, 5.41) is 5.02. The molecule has 0 aliphatic carbocycles. The van der Waals surface area contributed by atoms with Crippen molar-refractivity contribution in [2.75, 3.05) is 35.2 Å². The van der Waals surface area contributed by atoms with Crippen LogP contribution in [-0.4, -0.2) is 41.4 Å². The van der Waals surface area contributed by atoms with Gasteiger partial charge in [-0.2, -0.15) is 0 Å². The van der Waals surface area contributed by atoms with Gasteiger partial charge in [0.25, 0.3) is 0 Å². The van der Waals surface area contributed by atoms with Crippen molar-refractivity contribution in [2.45, 2.75) is 4.90 Å². The molecule has 0 aromatic heterocycles. The number of benzene rings is 1. The predicted molar refractivity (Wildman–Crippen MR) is 73.1 cm³/mol. The molecule has 19 heavy (non-hydrogen) atoms. The Morgan fingerprint density at radius 1 is 1.16 bits per heavy atom. The van der Waals surface area contributed by atoms with Gasteiger partial charge in [-0.3, -0.25) is 0 Å². The van der Waals surface area contributed by atoms with Gasteiger partial charge in [0.1, 0.15) is 4.90 Å². The van der Waals surface area contributed by atoms with Crippen molar-refractivity contribution in [1.82, 2.24) is 0 Å². The van der Waals surface area contributed by atoms with E-state index in [0.717, 1.165) is 0 Å². The highest BCUT2D eigenvalue weighted by molar-refractivity contribution is 7.91. The first kappa shape index (κ1) is 14.1. The second kappa shape index (κ2) is 4.66. The molecule has 9 heteroatoms. The molecule has 1 aliphatic heterocycles. The van der Waals surface area contributed by atoms with Gasteiger partial charge in [-0.25, -0.2) is 22.0 Å². The number of nitrogens with two attached hydrogens (primary N) is 2.